The molecule has 1 N–H and O–H groups in total. The van der Waals surface area contributed by atoms with Crippen LogP contribution >= 0.6 is 23.2 Å². The van der Waals surface area contributed by atoms with Crippen LogP contribution in [0.2, 0.25) is 10.0 Å². The van der Waals surface area contributed by atoms with E-state index < -0.39 is 0 Å². The Morgan fingerprint density at radius 2 is 1.62 bits per heavy atom. The van der Waals surface area contributed by atoms with Crippen LogP contribution in [-0.2, 0) is 13.2 Å². The summed E-state index contributed by atoms with van der Waals surface area (Å²) in [4.78, 5) is 0. The van der Waals surface area contributed by atoms with Gasteiger partial charge in [-0.05, 0) is 37.1 Å². The van der Waals surface area contributed by atoms with Crippen LogP contribution in [0.15, 0.2) is 42.5 Å². The van der Waals surface area contributed by atoms with Gasteiger partial charge in [0.05, 0.1) is 0 Å². The van der Waals surface area contributed by atoms with E-state index in [2.05, 4.69) is 5.32 Å². The molecule has 0 bridgehead atoms. The minimum absolute atomic E-state index is 0.456. The molecular formula is C22H27Cl2NO. The molecule has 0 heterocycles. The van der Waals surface area contributed by atoms with Gasteiger partial charge in [-0.25, -0.2) is 0 Å². The van der Waals surface area contributed by atoms with Gasteiger partial charge in [-0.1, -0.05) is 73.5 Å². The van der Waals surface area contributed by atoms with Crippen molar-refractivity contribution in [2.75, 3.05) is 0 Å². The molecule has 2 aromatic rings. The fourth-order valence-corrected chi connectivity index (χ4v) is 3.90. The highest BCUT2D eigenvalue weighted by atomic mass is 35.5. The van der Waals surface area contributed by atoms with E-state index in [1.165, 1.54) is 44.9 Å². The minimum Gasteiger partial charge on any atom is -0.489 e. The summed E-state index contributed by atoms with van der Waals surface area (Å²) in [6.45, 7) is 1.24. The van der Waals surface area contributed by atoms with Gasteiger partial charge >= 0.3 is 0 Å². The van der Waals surface area contributed by atoms with Crippen LogP contribution in [0.1, 0.15) is 56.1 Å². The molecule has 2 nitrogen and oxygen atoms in total. The molecular weight excluding hydrogens is 365 g/mol. The Kier molecular flexibility index (Phi) is 7.67. The van der Waals surface area contributed by atoms with Gasteiger partial charge in [0.1, 0.15) is 12.4 Å². The first-order valence-electron chi connectivity index (χ1n) is 9.60. The fourth-order valence-electron chi connectivity index (χ4n) is 3.51. The number of ether oxygens (including phenoxy) is 1. The Bertz CT molecular complexity index is 696. The Hall–Kier alpha value is -1.22. The zero-order valence-electron chi connectivity index (χ0n) is 15.1. The maximum atomic E-state index is 6.23. The van der Waals surface area contributed by atoms with Crippen LogP contribution in [-0.4, -0.2) is 6.04 Å². The second kappa shape index (κ2) is 10.2. The van der Waals surface area contributed by atoms with Gasteiger partial charge in [-0.2, -0.15) is 0 Å². The Morgan fingerprint density at radius 3 is 2.38 bits per heavy atom. The lowest BCUT2D eigenvalue weighted by atomic mass is 9.96. The van der Waals surface area contributed by atoms with E-state index in [-0.39, 0.29) is 0 Å². The van der Waals surface area contributed by atoms with Crippen molar-refractivity contribution < 1.29 is 4.74 Å². The molecule has 1 fully saturated rings. The van der Waals surface area contributed by atoms with Gasteiger partial charge in [-0.15, -0.1) is 0 Å². The number of hydrogen-bond donors (Lipinski definition) is 1. The highest BCUT2D eigenvalue weighted by Gasteiger charge is 2.13. The van der Waals surface area contributed by atoms with Crippen LogP contribution in [0, 0.1) is 0 Å². The average molecular weight is 392 g/mol. The van der Waals surface area contributed by atoms with Gasteiger partial charge in [-0.3, -0.25) is 0 Å². The van der Waals surface area contributed by atoms with Crippen molar-refractivity contribution in [1.29, 1.82) is 0 Å². The zero-order chi connectivity index (χ0) is 18.2. The first-order chi connectivity index (χ1) is 12.7. The lowest BCUT2D eigenvalue weighted by Crippen LogP contribution is -2.29. The Morgan fingerprint density at radius 1 is 0.885 bits per heavy atom. The summed E-state index contributed by atoms with van der Waals surface area (Å²) in [5.41, 5.74) is 2.09. The second-order valence-corrected chi connectivity index (χ2v) is 7.90. The van der Waals surface area contributed by atoms with Crippen LogP contribution in [0.4, 0.5) is 0 Å². The smallest absolute Gasteiger partial charge is 0.124 e. The third kappa shape index (κ3) is 5.90. The topological polar surface area (TPSA) is 21.3 Å². The summed E-state index contributed by atoms with van der Waals surface area (Å²) in [6, 6.07) is 14.2. The summed E-state index contributed by atoms with van der Waals surface area (Å²) in [6.07, 6.45) is 9.28. The molecule has 140 valence electrons. The summed E-state index contributed by atoms with van der Waals surface area (Å²) in [5.74, 6) is 0.868. The first kappa shape index (κ1) is 19.5. The lowest BCUT2D eigenvalue weighted by molar-refractivity contribution is 0.300. The maximum absolute atomic E-state index is 6.23. The molecule has 1 saturated carbocycles. The standard InChI is InChI=1S/C22H27Cl2NO/c23-19-12-13-22(26-16-17-8-6-7-11-21(17)24)18(14-19)15-25-20-9-4-2-1-3-5-10-20/h6-8,11-14,20,25H,1-5,9-10,15-16H2. The van der Waals surface area contributed by atoms with Crippen molar-refractivity contribution in [1.82, 2.24) is 5.32 Å². The molecule has 0 atom stereocenters. The number of hydrogen-bond acceptors (Lipinski definition) is 2. The molecule has 0 aromatic heterocycles. The van der Waals surface area contributed by atoms with E-state index in [4.69, 9.17) is 27.9 Å². The Labute approximate surface area is 166 Å². The summed E-state index contributed by atoms with van der Waals surface area (Å²) in [7, 11) is 0. The summed E-state index contributed by atoms with van der Waals surface area (Å²) in [5, 5.41) is 5.19. The SMILES string of the molecule is Clc1ccc(OCc2ccccc2Cl)c(CNC2CCCCCCC2)c1. The van der Waals surface area contributed by atoms with Crippen molar-refractivity contribution in [3.63, 3.8) is 0 Å². The molecule has 0 spiro atoms. The average Bonchev–Trinajstić information content (AvgIpc) is 2.61. The van der Waals surface area contributed by atoms with E-state index >= 15 is 0 Å². The van der Waals surface area contributed by atoms with Gasteiger partial charge in [0.25, 0.3) is 0 Å². The molecule has 4 heteroatoms. The van der Waals surface area contributed by atoms with Crippen LogP contribution in [0.25, 0.3) is 0 Å². The molecule has 0 unspecified atom stereocenters. The quantitative estimate of drug-likeness (QED) is 0.585. The van der Waals surface area contributed by atoms with Gasteiger partial charge in [0, 0.05) is 33.8 Å². The normalized spacial score (nSPS) is 16.1. The number of rotatable bonds is 6. The molecule has 0 amide bonds. The molecule has 0 radical (unpaired) electrons. The number of benzene rings is 2. The van der Waals surface area contributed by atoms with Crippen LogP contribution < -0.4 is 10.1 Å². The third-order valence-electron chi connectivity index (χ3n) is 5.05. The van der Waals surface area contributed by atoms with Crippen LogP contribution in [0.5, 0.6) is 5.75 Å². The number of nitrogens with one attached hydrogen (secondary N) is 1. The van der Waals surface area contributed by atoms with Crippen molar-refractivity contribution in [3.8, 4) is 5.75 Å². The first-order valence-corrected chi connectivity index (χ1v) is 10.4. The van der Waals surface area contributed by atoms with Gasteiger partial charge < -0.3 is 10.1 Å². The zero-order valence-corrected chi connectivity index (χ0v) is 16.7. The highest BCUT2D eigenvalue weighted by Crippen LogP contribution is 2.26. The predicted molar refractivity (Wildman–Crippen MR) is 110 cm³/mol. The Balaban J connectivity index is 1.62. The second-order valence-electron chi connectivity index (χ2n) is 7.06. The van der Waals surface area contributed by atoms with Gasteiger partial charge in [0.2, 0.25) is 0 Å². The van der Waals surface area contributed by atoms with Crippen molar-refractivity contribution in [2.24, 2.45) is 0 Å². The monoisotopic (exact) mass is 391 g/mol. The molecule has 1 aliphatic rings. The predicted octanol–water partition coefficient (Wildman–Crippen LogP) is 6.77. The number of halogens is 2. The molecule has 0 saturated heterocycles. The molecule has 3 rings (SSSR count). The lowest BCUT2D eigenvalue weighted by Gasteiger charge is -2.22. The minimum atomic E-state index is 0.456. The summed E-state index contributed by atoms with van der Waals surface area (Å²) < 4.78 is 6.06. The molecule has 0 aliphatic heterocycles. The van der Waals surface area contributed by atoms with Crippen molar-refractivity contribution >= 4 is 23.2 Å². The van der Waals surface area contributed by atoms with Crippen molar-refractivity contribution in [3.05, 3.63) is 63.6 Å². The van der Waals surface area contributed by atoms with Crippen LogP contribution in [0.3, 0.4) is 0 Å². The fraction of sp³-hybridized carbons (Fsp3) is 0.455. The maximum Gasteiger partial charge on any atom is 0.124 e. The van der Waals surface area contributed by atoms with E-state index in [1.54, 1.807) is 0 Å². The van der Waals surface area contributed by atoms with Gasteiger partial charge in [0.15, 0.2) is 0 Å². The van der Waals surface area contributed by atoms with Crippen molar-refractivity contribution in [2.45, 2.75) is 64.1 Å². The largest absolute Gasteiger partial charge is 0.489 e. The summed E-state index contributed by atoms with van der Waals surface area (Å²) >= 11 is 12.5. The van der Waals surface area contributed by atoms with E-state index in [9.17, 15) is 0 Å². The van der Waals surface area contributed by atoms with E-state index in [0.29, 0.717) is 12.6 Å². The molecule has 26 heavy (non-hydrogen) atoms. The van der Waals surface area contributed by atoms with E-state index in [0.717, 1.165) is 33.5 Å². The molecule has 2 aromatic carbocycles. The highest BCUT2D eigenvalue weighted by molar-refractivity contribution is 6.31. The van der Waals surface area contributed by atoms with E-state index in [1.807, 2.05) is 42.5 Å². The molecule has 1 aliphatic carbocycles. The third-order valence-corrected chi connectivity index (χ3v) is 5.65.